The Morgan fingerprint density at radius 2 is 1.63 bits per heavy atom. The number of hydrogen-bond acceptors (Lipinski definition) is 5. The Bertz CT molecular complexity index is 1090. The zero-order valence-corrected chi connectivity index (χ0v) is 22.9. The first-order valence-corrected chi connectivity index (χ1v) is 13.5. The standard InChI is InChI=1S/C30H40N2O6/c1-5-37-25-18-24(19-26(38-6-2)28(25)22(4)33)21(3)32(17-11-10-14-23-12-8-7-9-13-23)29(36)31-30(15-16-30)20-27(34)35/h7-9,12-13,18-19,21H,5-6,10-11,14-17,20H2,1-4H3,(H,31,36)(H,34,35)/t21-/m1/s1. The molecule has 2 amide bonds. The first-order valence-electron chi connectivity index (χ1n) is 13.5. The number of hydrogen-bond donors (Lipinski definition) is 2. The van der Waals surface area contributed by atoms with Gasteiger partial charge in [-0.15, -0.1) is 0 Å². The third-order valence-electron chi connectivity index (χ3n) is 6.92. The van der Waals surface area contributed by atoms with Gasteiger partial charge in [-0.25, -0.2) is 4.79 Å². The van der Waals surface area contributed by atoms with E-state index in [1.54, 1.807) is 4.90 Å². The summed E-state index contributed by atoms with van der Waals surface area (Å²) < 4.78 is 11.6. The highest BCUT2D eigenvalue weighted by atomic mass is 16.5. The smallest absolute Gasteiger partial charge is 0.318 e. The average molecular weight is 525 g/mol. The molecule has 1 saturated carbocycles. The minimum absolute atomic E-state index is 0.0920. The molecule has 0 bridgehead atoms. The highest BCUT2D eigenvalue weighted by Crippen LogP contribution is 2.40. The maximum atomic E-state index is 13.6. The SMILES string of the molecule is CCOc1cc([C@@H](C)N(CCCCc2ccccc2)C(=O)NC2(CC(=O)O)CC2)cc(OCC)c1C(C)=O. The Morgan fingerprint density at radius 3 is 2.13 bits per heavy atom. The van der Waals surface area contributed by atoms with Crippen molar-refractivity contribution in [3.63, 3.8) is 0 Å². The number of carbonyl (C=O) groups excluding carboxylic acids is 2. The lowest BCUT2D eigenvalue weighted by atomic mass is 10.00. The van der Waals surface area contributed by atoms with E-state index in [-0.39, 0.29) is 24.3 Å². The molecule has 8 heteroatoms. The maximum Gasteiger partial charge on any atom is 0.318 e. The van der Waals surface area contributed by atoms with Crippen molar-refractivity contribution in [3.8, 4) is 11.5 Å². The van der Waals surface area contributed by atoms with Crippen LogP contribution in [0, 0.1) is 0 Å². The predicted octanol–water partition coefficient (Wildman–Crippen LogP) is 5.79. The van der Waals surface area contributed by atoms with Gasteiger partial charge < -0.3 is 24.8 Å². The normalized spacial score (nSPS) is 14.3. The topological polar surface area (TPSA) is 105 Å². The van der Waals surface area contributed by atoms with Crippen molar-refractivity contribution in [2.24, 2.45) is 0 Å². The van der Waals surface area contributed by atoms with Gasteiger partial charge in [-0.3, -0.25) is 9.59 Å². The summed E-state index contributed by atoms with van der Waals surface area (Å²) >= 11 is 0. The number of aryl methyl sites for hydroxylation is 1. The molecule has 0 aromatic heterocycles. The van der Waals surface area contributed by atoms with Crippen LogP contribution in [-0.2, 0) is 11.2 Å². The summed E-state index contributed by atoms with van der Waals surface area (Å²) in [6.45, 7) is 8.37. The van der Waals surface area contributed by atoms with Crippen LogP contribution < -0.4 is 14.8 Å². The summed E-state index contributed by atoms with van der Waals surface area (Å²) in [5.41, 5.74) is 1.73. The Hall–Kier alpha value is -3.55. The number of carboxylic acids is 1. The number of benzene rings is 2. The predicted molar refractivity (Wildman–Crippen MR) is 146 cm³/mol. The third kappa shape index (κ3) is 7.73. The van der Waals surface area contributed by atoms with E-state index < -0.39 is 11.5 Å². The highest BCUT2D eigenvalue weighted by molar-refractivity contribution is 5.99. The Morgan fingerprint density at radius 1 is 1.03 bits per heavy atom. The van der Waals surface area contributed by atoms with Crippen molar-refractivity contribution in [1.82, 2.24) is 10.2 Å². The van der Waals surface area contributed by atoms with Crippen LogP contribution in [0.15, 0.2) is 42.5 Å². The lowest BCUT2D eigenvalue weighted by Crippen LogP contribution is -2.48. The number of Topliss-reactive ketones (excluding diaryl/α,β-unsaturated/α-hetero) is 1. The third-order valence-corrected chi connectivity index (χ3v) is 6.92. The summed E-state index contributed by atoms with van der Waals surface area (Å²) in [5, 5.41) is 12.3. The van der Waals surface area contributed by atoms with Crippen LogP contribution in [0.2, 0.25) is 0 Å². The number of urea groups is 1. The van der Waals surface area contributed by atoms with Crippen LogP contribution in [0.3, 0.4) is 0 Å². The molecule has 0 radical (unpaired) electrons. The van der Waals surface area contributed by atoms with Crippen LogP contribution in [0.1, 0.15) is 87.3 Å². The van der Waals surface area contributed by atoms with E-state index in [9.17, 15) is 19.5 Å². The van der Waals surface area contributed by atoms with E-state index in [4.69, 9.17) is 9.47 Å². The fourth-order valence-corrected chi connectivity index (χ4v) is 4.73. The second-order valence-corrected chi connectivity index (χ2v) is 9.91. The number of carboxylic acid groups (broad SMARTS) is 1. The van der Waals surface area contributed by atoms with Crippen molar-refractivity contribution in [2.75, 3.05) is 19.8 Å². The molecule has 1 aliphatic rings. The molecule has 8 nitrogen and oxygen atoms in total. The van der Waals surface area contributed by atoms with E-state index in [2.05, 4.69) is 17.4 Å². The molecule has 1 aliphatic carbocycles. The van der Waals surface area contributed by atoms with Gasteiger partial charge in [-0.2, -0.15) is 0 Å². The van der Waals surface area contributed by atoms with Gasteiger partial charge >= 0.3 is 12.0 Å². The van der Waals surface area contributed by atoms with Crippen LogP contribution in [0.25, 0.3) is 0 Å². The number of amides is 2. The summed E-state index contributed by atoms with van der Waals surface area (Å²) in [6, 6.07) is 13.2. The van der Waals surface area contributed by atoms with Gasteiger partial charge in [0.15, 0.2) is 5.78 Å². The van der Waals surface area contributed by atoms with Crippen LogP contribution in [0.5, 0.6) is 11.5 Å². The molecular formula is C30H40N2O6. The van der Waals surface area contributed by atoms with E-state index in [1.165, 1.54) is 12.5 Å². The van der Waals surface area contributed by atoms with E-state index in [0.29, 0.717) is 49.7 Å². The molecule has 1 fully saturated rings. The number of ether oxygens (including phenoxy) is 2. The molecule has 3 rings (SSSR count). The summed E-state index contributed by atoms with van der Waals surface area (Å²) in [5.74, 6) is -0.215. The Labute approximate surface area is 225 Å². The number of nitrogens with one attached hydrogen (secondary N) is 1. The summed E-state index contributed by atoms with van der Waals surface area (Å²) in [4.78, 5) is 39.1. The lowest BCUT2D eigenvalue weighted by Gasteiger charge is -2.32. The van der Waals surface area contributed by atoms with Gasteiger partial charge in [-0.1, -0.05) is 30.3 Å². The highest BCUT2D eigenvalue weighted by Gasteiger charge is 2.46. The van der Waals surface area contributed by atoms with Gasteiger partial charge in [0.25, 0.3) is 0 Å². The van der Waals surface area contributed by atoms with Gasteiger partial charge in [0.1, 0.15) is 17.1 Å². The van der Waals surface area contributed by atoms with E-state index in [0.717, 1.165) is 24.8 Å². The number of carbonyl (C=O) groups is 3. The second-order valence-electron chi connectivity index (χ2n) is 9.91. The molecule has 2 N–H and O–H groups in total. The van der Waals surface area contributed by atoms with Crippen LogP contribution in [-0.4, -0.2) is 53.1 Å². The van der Waals surface area contributed by atoms with Gasteiger partial charge in [0.05, 0.1) is 31.2 Å². The molecule has 1 atom stereocenters. The van der Waals surface area contributed by atoms with E-state index >= 15 is 0 Å². The molecule has 0 saturated heterocycles. The van der Waals surface area contributed by atoms with Crippen LogP contribution >= 0.6 is 0 Å². The molecule has 0 unspecified atom stereocenters. The molecule has 0 spiro atoms. The number of ketones is 1. The summed E-state index contributed by atoms with van der Waals surface area (Å²) in [6.07, 6.45) is 3.80. The van der Waals surface area contributed by atoms with Crippen molar-refractivity contribution in [3.05, 3.63) is 59.2 Å². The van der Waals surface area contributed by atoms with Crippen molar-refractivity contribution < 1.29 is 29.0 Å². The largest absolute Gasteiger partial charge is 0.493 e. The Balaban J connectivity index is 1.86. The van der Waals surface area contributed by atoms with Gasteiger partial charge in [0, 0.05) is 6.54 Å². The van der Waals surface area contributed by atoms with Crippen molar-refractivity contribution >= 4 is 17.8 Å². The van der Waals surface area contributed by atoms with Crippen molar-refractivity contribution in [1.29, 1.82) is 0 Å². The molecule has 38 heavy (non-hydrogen) atoms. The summed E-state index contributed by atoms with van der Waals surface area (Å²) in [7, 11) is 0. The monoisotopic (exact) mass is 524 g/mol. The minimum Gasteiger partial charge on any atom is -0.493 e. The first-order chi connectivity index (χ1) is 18.2. The quantitative estimate of drug-likeness (QED) is 0.226. The Kier molecular flexibility index (Phi) is 10.2. The number of aliphatic carboxylic acids is 1. The molecule has 0 heterocycles. The maximum absolute atomic E-state index is 13.6. The molecule has 2 aromatic carbocycles. The first kappa shape index (κ1) is 29.0. The fourth-order valence-electron chi connectivity index (χ4n) is 4.73. The van der Waals surface area contributed by atoms with Gasteiger partial charge in [0.2, 0.25) is 0 Å². The number of nitrogens with zero attached hydrogens (tertiary/aromatic N) is 1. The second kappa shape index (κ2) is 13.3. The fraction of sp³-hybridized carbons (Fsp3) is 0.500. The molecule has 206 valence electrons. The van der Waals surface area contributed by atoms with Crippen LogP contribution in [0.4, 0.5) is 4.79 Å². The van der Waals surface area contributed by atoms with Gasteiger partial charge in [-0.05, 0) is 83.1 Å². The van der Waals surface area contributed by atoms with E-state index in [1.807, 2.05) is 51.1 Å². The number of unbranched alkanes of at least 4 members (excludes halogenated alkanes) is 1. The zero-order chi connectivity index (χ0) is 27.7. The number of rotatable bonds is 15. The molecular weight excluding hydrogens is 484 g/mol. The molecule has 2 aromatic rings. The minimum atomic E-state index is -0.923. The molecule has 0 aliphatic heterocycles. The van der Waals surface area contributed by atoms with Crippen molar-refractivity contribution in [2.45, 2.75) is 77.8 Å². The lowest BCUT2D eigenvalue weighted by molar-refractivity contribution is -0.137. The average Bonchev–Trinajstić information content (AvgIpc) is 3.61. The zero-order valence-electron chi connectivity index (χ0n) is 22.9.